The number of nitrogens with one attached hydrogen (secondary N) is 1. The van der Waals surface area contributed by atoms with Crippen molar-refractivity contribution in [2.45, 2.75) is 6.61 Å². The number of amides is 1. The van der Waals surface area contributed by atoms with Crippen LogP contribution in [0.15, 0.2) is 88.4 Å². The Morgan fingerprint density at radius 3 is 2.57 bits per heavy atom. The first-order valence-corrected chi connectivity index (χ1v) is 11.0. The summed E-state index contributed by atoms with van der Waals surface area (Å²) in [6, 6.07) is 21.2. The van der Waals surface area contributed by atoms with E-state index < -0.39 is 10.8 Å². The number of halogens is 2. The van der Waals surface area contributed by atoms with Crippen LogP contribution in [0.2, 0.25) is 10.0 Å². The number of carbonyl (C=O) groups is 1. The van der Waals surface area contributed by atoms with E-state index in [0.717, 1.165) is 5.56 Å². The van der Waals surface area contributed by atoms with Crippen molar-refractivity contribution in [1.82, 2.24) is 5.43 Å². The van der Waals surface area contributed by atoms with Gasteiger partial charge in [-0.1, -0.05) is 41.4 Å². The number of ether oxygens (including phenoxy) is 1. The monoisotopic (exact) mass is 509 g/mol. The number of hydrogen-bond acceptors (Lipinski definition) is 6. The fourth-order valence-electron chi connectivity index (χ4n) is 3.11. The summed E-state index contributed by atoms with van der Waals surface area (Å²) in [5.74, 6) is 0.790. The Balaban J connectivity index is 1.39. The van der Waals surface area contributed by atoms with Crippen molar-refractivity contribution >= 4 is 41.0 Å². The topological polar surface area (TPSA) is 107 Å². The molecule has 3 aromatic carbocycles. The Hall–Kier alpha value is -4.14. The van der Waals surface area contributed by atoms with Gasteiger partial charge in [0.05, 0.1) is 16.7 Å². The number of para-hydroxylation sites is 1. The lowest BCUT2D eigenvalue weighted by Gasteiger charge is -2.11. The van der Waals surface area contributed by atoms with Crippen LogP contribution in [0, 0.1) is 10.1 Å². The van der Waals surface area contributed by atoms with E-state index in [-0.39, 0.29) is 12.3 Å². The Morgan fingerprint density at radius 1 is 1.06 bits per heavy atom. The number of benzene rings is 3. The van der Waals surface area contributed by atoms with Gasteiger partial charge >= 0.3 is 0 Å². The van der Waals surface area contributed by atoms with E-state index in [1.165, 1.54) is 18.3 Å². The van der Waals surface area contributed by atoms with Gasteiger partial charge in [0, 0.05) is 33.3 Å². The average Bonchev–Trinajstić information content (AvgIpc) is 3.32. The number of hydrogen-bond donors (Lipinski definition) is 1. The molecule has 0 saturated carbocycles. The molecule has 1 aromatic heterocycles. The van der Waals surface area contributed by atoms with Crippen LogP contribution in [-0.2, 0) is 6.61 Å². The third kappa shape index (κ3) is 6.06. The van der Waals surface area contributed by atoms with Gasteiger partial charge in [0.1, 0.15) is 23.9 Å². The highest BCUT2D eigenvalue weighted by atomic mass is 35.5. The van der Waals surface area contributed by atoms with Gasteiger partial charge in [0.2, 0.25) is 0 Å². The lowest BCUT2D eigenvalue weighted by molar-refractivity contribution is -0.384. The van der Waals surface area contributed by atoms with Crippen molar-refractivity contribution in [1.29, 1.82) is 0 Å². The molecule has 0 aliphatic heterocycles. The van der Waals surface area contributed by atoms with Crippen molar-refractivity contribution in [3.63, 3.8) is 0 Å². The molecule has 1 heterocycles. The predicted octanol–water partition coefficient (Wildman–Crippen LogP) is 6.50. The molecule has 4 rings (SSSR count). The summed E-state index contributed by atoms with van der Waals surface area (Å²) < 4.78 is 11.5. The van der Waals surface area contributed by atoms with E-state index in [1.54, 1.807) is 66.7 Å². The molecule has 0 fully saturated rings. The van der Waals surface area contributed by atoms with Crippen molar-refractivity contribution < 1.29 is 18.9 Å². The average molecular weight is 510 g/mol. The number of nitro groups is 1. The normalized spacial score (nSPS) is 10.9. The molecule has 10 heteroatoms. The molecule has 0 radical (unpaired) electrons. The van der Waals surface area contributed by atoms with Crippen LogP contribution in [0.3, 0.4) is 0 Å². The lowest BCUT2D eigenvalue weighted by atomic mass is 10.1. The highest BCUT2D eigenvalue weighted by Crippen LogP contribution is 2.25. The Kier molecular flexibility index (Phi) is 7.45. The summed E-state index contributed by atoms with van der Waals surface area (Å²) >= 11 is 12.1. The van der Waals surface area contributed by atoms with Crippen molar-refractivity contribution in [2.24, 2.45) is 5.10 Å². The molecule has 0 saturated heterocycles. The van der Waals surface area contributed by atoms with Gasteiger partial charge in [0.25, 0.3) is 11.6 Å². The summed E-state index contributed by atoms with van der Waals surface area (Å²) in [7, 11) is 0. The van der Waals surface area contributed by atoms with Crippen LogP contribution in [0.25, 0.3) is 11.3 Å². The third-order valence-electron chi connectivity index (χ3n) is 4.88. The number of furan rings is 1. The third-order valence-corrected chi connectivity index (χ3v) is 5.46. The molecule has 1 N–H and O–H groups in total. The van der Waals surface area contributed by atoms with E-state index in [1.807, 2.05) is 0 Å². The van der Waals surface area contributed by atoms with Gasteiger partial charge in [-0.15, -0.1) is 0 Å². The first-order chi connectivity index (χ1) is 16.9. The van der Waals surface area contributed by atoms with Crippen LogP contribution in [0.5, 0.6) is 5.75 Å². The highest BCUT2D eigenvalue weighted by molar-refractivity contribution is 6.35. The number of nitro benzene ring substituents is 1. The van der Waals surface area contributed by atoms with E-state index in [2.05, 4.69) is 10.5 Å². The fourth-order valence-corrected chi connectivity index (χ4v) is 3.58. The molecule has 0 bridgehead atoms. The smallest absolute Gasteiger partial charge is 0.275 e. The minimum atomic E-state index is -0.471. The van der Waals surface area contributed by atoms with Gasteiger partial charge in [-0.05, 0) is 48.5 Å². The molecule has 0 unspecified atom stereocenters. The minimum Gasteiger partial charge on any atom is -0.488 e. The molecule has 176 valence electrons. The number of hydrazone groups is 1. The maximum Gasteiger partial charge on any atom is 0.275 e. The maximum absolute atomic E-state index is 12.7. The molecular formula is C25H17Cl2N3O5. The van der Waals surface area contributed by atoms with Crippen LogP contribution in [0.1, 0.15) is 21.7 Å². The second-order valence-corrected chi connectivity index (χ2v) is 8.07. The molecule has 0 spiro atoms. The molecule has 35 heavy (non-hydrogen) atoms. The SMILES string of the molecule is O=C(N/N=C/c1ccc(-c2ccc([N+](=O)[O-])cc2)o1)c1ccccc1OCc1ccc(Cl)cc1Cl. The second kappa shape index (κ2) is 10.9. The number of nitrogens with zero attached hydrogens (tertiary/aromatic N) is 2. The first-order valence-electron chi connectivity index (χ1n) is 10.2. The molecule has 0 aliphatic rings. The zero-order valence-corrected chi connectivity index (χ0v) is 19.5. The zero-order valence-electron chi connectivity index (χ0n) is 18.0. The fraction of sp³-hybridized carbons (Fsp3) is 0.0400. The Bertz CT molecular complexity index is 1400. The summed E-state index contributed by atoms with van der Waals surface area (Å²) in [6.45, 7) is 0.154. The van der Waals surface area contributed by atoms with Crippen LogP contribution >= 0.6 is 23.2 Å². The first kappa shape index (κ1) is 24.0. The van der Waals surface area contributed by atoms with Crippen molar-refractivity contribution in [3.8, 4) is 17.1 Å². The maximum atomic E-state index is 12.7. The zero-order chi connectivity index (χ0) is 24.8. The van der Waals surface area contributed by atoms with E-state index in [4.69, 9.17) is 32.4 Å². The van der Waals surface area contributed by atoms with Gasteiger partial charge in [-0.2, -0.15) is 5.10 Å². The summed E-state index contributed by atoms with van der Waals surface area (Å²) in [6.07, 6.45) is 1.35. The van der Waals surface area contributed by atoms with E-state index in [0.29, 0.717) is 38.4 Å². The molecule has 8 nitrogen and oxygen atoms in total. The Morgan fingerprint density at radius 2 is 1.83 bits per heavy atom. The van der Waals surface area contributed by atoms with E-state index >= 15 is 0 Å². The molecular weight excluding hydrogens is 493 g/mol. The van der Waals surface area contributed by atoms with Gasteiger partial charge < -0.3 is 9.15 Å². The van der Waals surface area contributed by atoms with E-state index in [9.17, 15) is 14.9 Å². The minimum absolute atomic E-state index is 0.00896. The quantitative estimate of drug-likeness (QED) is 0.165. The number of non-ortho nitro benzene ring substituents is 1. The van der Waals surface area contributed by atoms with Crippen molar-refractivity contribution in [2.75, 3.05) is 0 Å². The molecule has 4 aromatic rings. The summed E-state index contributed by atoms with van der Waals surface area (Å²) in [4.78, 5) is 23.0. The van der Waals surface area contributed by atoms with Crippen LogP contribution in [-0.4, -0.2) is 17.0 Å². The predicted molar refractivity (Wildman–Crippen MR) is 133 cm³/mol. The van der Waals surface area contributed by atoms with Gasteiger partial charge in [-0.25, -0.2) is 5.43 Å². The summed E-state index contributed by atoms with van der Waals surface area (Å²) in [5, 5.41) is 15.7. The van der Waals surface area contributed by atoms with Crippen molar-refractivity contribution in [3.05, 3.63) is 116 Å². The van der Waals surface area contributed by atoms with Crippen LogP contribution in [0.4, 0.5) is 5.69 Å². The lowest BCUT2D eigenvalue weighted by Crippen LogP contribution is -2.18. The standard InChI is InChI=1S/C25H17Cl2N3O5/c26-18-8-5-17(22(27)13-18)15-34-24-4-2-1-3-21(24)25(31)29-28-14-20-11-12-23(35-20)16-6-9-19(10-7-16)30(32)33/h1-14H,15H2,(H,29,31)/b28-14+. The molecule has 0 aliphatic carbocycles. The highest BCUT2D eigenvalue weighted by Gasteiger charge is 2.13. The summed E-state index contributed by atoms with van der Waals surface area (Å²) in [5.41, 5.74) is 4.13. The largest absolute Gasteiger partial charge is 0.488 e. The molecule has 1 amide bonds. The van der Waals surface area contributed by atoms with Gasteiger partial charge in [-0.3, -0.25) is 14.9 Å². The Labute approximate surface area is 209 Å². The van der Waals surface area contributed by atoms with Gasteiger partial charge in [0.15, 0.2) is 0 Å². The second-order valence-electron chi connectivity index (χ2n) is 7.23. The number of carbonyl (C=O) groups excluding carboxylic acids is 1. The van der Waals surface area contributed by atoms with Crippen LogP contribution < -0.4 is 10.2 Å². The molecule has 0 atom stereocenters. The number of rotatable bonds is 8.